The molecule has 0 aliphatic rings. The molecule has 0 bridgehead atoms. The molecule has 2 rings (SSSR count). The first kappa shape index (κ1) is 18.6. The molecule has 0 amide bonds. The summed E-state index contributed by atoms with van der Waals surface area (Å²) in [4.78, 5) is 0. The topological polar surface area (TPSA) is 92.5 Å². The summed E-state index contributed by atoms with van der Waals surface area (Å²) in [5.74, 6) is -14.4. The summed E-state index contributed by atoms with van der Waals surface area (Å²) in [5.41, 5.74) is 3.53. The maximum absolute atomic E-state index is 14.2. The van der Waals surface area contributed by atoms with Gasteiger partial charge >= 0.3 is 0 Å². The Balaban J connectivity index is 2.96. The fourth-order valence-electron chi connectivity index (χ4n) is 2.60. The van der Waals surface area contributed by atoms with Crippen LogP contribution in [0.1, 0.15) is 25.0 Å². The Hall–Kier alpha value is -2.78. The van der Waals surface area contributed by atoms with E-state index >= 15 is 0 Å². The number of hydrogen-bond acceptors (Lipinski definition) is 4. The smallest absolute Gasteiger partial charge is 0.197 e. The molecule has 2 aromatic rings. The van der Waals surface area contributed by atoms with Gasteiger partial charge in [0.1, 0.15) is 22.9 Å². The molecule has 0 aromatic heterocycles. The van der Waals surface area contributed by atoms with Crippen molar-refractivity contribution in [3.8, 4) is 11.5 Å². The van der Waals surface area contributed by atoms with E-state index in [0.717, 1.165) is 13.8 Å². The lowest BCUT2D eigenvalue weighted by Gasteiger charge is -2.29. The minimum atomic E-state index is -2.23. The van der Waals surface area contributed by atoms with Crippen molar-refractivity contribution in [1.29, 1.82) is 0 Å². The van der Waals surface area contributed by atoms with Crippen LogP contribution in [-0.4, -0.2) is 10.2 Å². The van der Waals surface area contributed by atoms with Crippen molar-refractivity contribution in [2.75, 3.05) is 11.5 Å². The van der Waals surface area contributed by atoms with Gasteiger partial charge in [0.05, 0.1) is 0 Å². The van der Waals surface area contributed by atoms with E-state index in [1.807, 2.05) is 0 Å². The Kier molecular flexibility index (Phi) is 4.19. The van der Waals surface area contributed by atoms with Crippen LogP contribution in [0, 0.1) is 34.9 Å². The fourth-order valence-corrected chi connectivity index (χ4v) is 2.60. The second-order valence-electron chi connectivity index (χ2n) is 5.78. The molecule has 10 heteroatoms. The van der Waals surface area contributed by atoms with Gasteiger partial charge in [0, 0.05) is 16.5 Å². The van der Waals surface area contributed by atoms with E-state index in [-0.39, 0.29) is 0 Å². The van der Waals surface area contributed by atoms with Crippen LogP contribution < -0.4 is 11.5 Å². The third-order valence-corrected chi connectivity index (χ3v) is 3.92. The predicted molar refractivity (Wildman–Crippen MR) is 76.9 cm³/mol. The monoisotopic (exact) mass is 366 g/mol. The minimum Gasteiger partial charge on any atom is -0.505 e. The standard InChI is InChI=1S/C15H12F6N2O2/c1-15(2,3-5(16)7(18)9(20)11(22)13(3)24)4-6(17)8(19)10(21)12(23)14(4)25/h24-25H,22-23H2,1-2H3. The van der Waals surface area contributed by atoms with E-state index in [1.54, 1.807) is 0 Å². The first-order valence-corrected chi connectivity index (χ1v) is 6.66. The van der Waals surface area contributed by atoms with Crippen molar-refractivity contribution in [1.82, 2.24) is 0 Å². The summed E-state index contributed by atoms with van der Waals surface area (Å²) >= 11 is 0. The summed E-state index contributed by atoms with van der Waals surface area (Å²) in [6, 6.07) is 0. The van der Waals surface area contributed by atoms with Gasteiger partial charge in [-0.1, -0.05) is 13.8 Å². The van der Waals surface area contributed by atoms with E-state index in [4.69, 9.17) is 11.5 Å². The molecule has 0 saturated heterocycles. The molecule has 0 fully saturated rings. The van der Waals surface area contributed by atoms with Crippen LogP contribution in [0.3, 0.4) is 0 Å². The van der Waals surface area contributed by atoms with Gasteiger partial charge in [0.2, 0.25) is 0 Å². The van der Waals surface area contributed by atoms with Crippen LogP contribution in [-0.2, 0) is 5.41 Å². The van der Waals surface area contributed by atoms with E-state index in [9.17, 15) is 36.6 Å². The maximum atomic E-state index is 14.2. The number of rotatable bonds is 2. The number of aromatic hydroxyl groups is 2. The Bertz CT molecular complexity index is 769. The summed E-state index contributed by atoms with van der Waals surface area (Å²) in [5, 5.41) is 19.8. The van der Waals surface area contributed by atoms with Gasteiger partial charge < -0.3 is 21.7 Å². The molecule has 0 aliphatic heterocycles. The molecule has 0 aliphatic carbocycles. The summed E-state index contributed by atoms with van der Waals surface area (Å²) in [6.07, 6.45) is 0. The zero-order valence-electron chi connectivity index (χ0n) is 12.8. The third kappa shape index (κ3) is 2.39. The van der Waals surface area contributed by atoms with Crippen LogP contribution in [0.4, 0.5) is 37.7 Å². The first-order valence-electron chi connectivity index (χ1n) is 6.66. The summed E-state index contributed by atoms with van der Waals surface area (Å²) in [7, 11) is 0. The van der Waals surface area contributed by atoms with Gasteiger partial charge in [-0.3, -0.25) is 0 Å². The van der Waals surface area contributed by atoms with Crippen molar-refractivity contribution in [3.05, 3.63) is 46.0 Å². The van der Waals surface area contributed by atoms with E-state index in [2.05, 4.69) is 0 Å². The highest BCUT2D eigenvalue weighted by molar-refractivity contribution is 5.66. The van der Waals surface area contributed by atoms with Crippen LogP contribution in [0.2, 0.25) is 0 Å². The number of halogens is 6. The highest BCUT2D eigenvalue weighted by Crippen LogP contribution is 2.48. The van der Waals surface area contributed by atoms with E-state index in [0.29, 0.717) is 0 Å². The van der Waals surface area contributed by atoms with E-state index in [1.165, 1.54) is 0 Å². The van der Waals surface area contributed by atoms with Gasteiger partial charge in [-0.15, -0.1) is 0 Å². The number of phenolic OH excluding ortho intramolecular Hbond substituents is 2. The van der Waals surface area contributed by atoms with Crippen molar-refractivity contribution in [3.63, 3.8) is 0 Å². The Labute approximate surface area is 137 Å². The third-order valence-electron chi connectivity index (χ3n) is 3.92. The van der Waals surface area contributed by atoms with Crippen molar-refractivity contribution >= 4 is 11.4 Å². The second-order valence-corrected chi connectivity index (χ2v) is 5.78. The van der Waals surface area contributed by atoms with Crippen molar-refractivity contribution < 1.29 is 36.6 Å². The average molecular weight is 366 g/mol. The van der Waals surface area contributed by atoms with Gasteiger partial charge in [-0.05, 0) is 0 Å². The molecule has 0 unspecified atom stereocenters. The van der Waals surface area contributed by atoms with E-state index < -0.39 is 74.3 Å². The molecular weight excluding hydrogens is 354 g/mol. The lowest BCUT2D eigenvalue weighted by Crippen LogP contribution is -2.26. The molecular formula is C15H12F6N2O2. The number of hydrogen-bond donors (Lipinski definition) is 4. The normalized spacial score (nSPS) is 11.8. The molecule has 0 saturated carbocycles. The Morgan fingerprint density at radius 2 is 0.880 bits per heavy atom. The molecule has 25 heavy (non-hydrogen) atoms. The van der Waals surface area contributed by atoms with Crippen LogP contribution in [0.25, 0.3) is 0 Å². The molecule has 0 atom stereocenters. The fraction of sp³-hybridized carbons (Fsp3) is 0.200. The molecule has 0 radical (unpaired) electrons. The molecule has 0 heterocycles. The van der Waals surface area contributed by atoms with Crippen molar-refractivity contribution in [2.24, 2.45) is 0 Å². The summed E-state index contributed by atoms with van der Waals surface area (Å²) in [6.45, 7) is 1.85. The predicted octanol–water partition coefficient (Wildman–Crippen LogP) is 3.42. The highest BCUT2D eigenvalue weighted by atomic mass is 19.2. The lowest BCUT2D eigenvalue weighted by atomic mass is 9.75. The van der Waals surface area contributed by atoms with Gasteiger partial charge in [-0.25, -0.2) is 26.3 Å². The molecule has 0 spiro atoms. The number of nitrogens with two attached hydrogens (primary N) is 2. The largest absolute Gasteiger partial charge is 0.505 e. The zero-order chi connectivity index (χ0) is 19.4. The Morgan fingerprint density at radius 1 is 0.600 bits per heavy atom. The SMILES string of the molecule is CC(C)(c1c(O)c(N)c(F)c(F)c1F)c1c(O)c(N)c(F)c(F)c1F. The van der Waals surface area contributed by atoms with Crippen molar-refractivity contribution in [2.45, 2.75) is 19.3 Å². The zero-order valence-corrected chi connectivity index (χ0v) is 12.8. The maximum Gasteiger partial charge on any atom is 0.197 e. The molecule has 136 valence electrons. The van der Waals surface area contributed by atoms with Gasteiger partial charge in [0.25, 0.3) is 0 Å². The lowest BCUT2D eigenvalue weighted by molar-refractivity contribution is 0.372. The number of anilines is 2. The number of phenols is 2. The molecule has 6 N–H and O–H groups in total. The first-order chi connectivity index (χ1) is 11.4. The quantitative estimate of drug-likeness (QED) is 0.284. The van der Waals surface area contributed by atoms with Crippen LogP contribution >= 0.6 is 0 Å². The second kappa shape index (κ2) is 5.64. The molecule has 4 nitrogen and oxygen atoms in total. The number of nitrogen functional groups attached to an aromatic ring is 2. The van der Waals surface area contributed by atoms with Crippen LogP contribution in [0.5, 0.6) is 11.5 Å². The average Bonchev–Trinajstić information content (AvgIpc) is 2.54. The highest BCUT2D eigenvalue weighted by Gasteiger charge is 2.40. The molecule has 2 aromatic carbocycles. The van der Waals surface area contributed by atoms with Gasteiger partial charge in [0.15, 0.2) is 34.9 Å². The van der Waals surface area contributed by atoms with Gasteiger partial charge in [-0.2, -0.15) is 0 Å². The number of benzene rings is 2. The minimum absolute atomic E-state index is 0.927. The Morgan fingerprint density at radius 3 is 1.16 bits per heavy atom. The van der Waals surface area contributed by atoms with Crippen LogP contribution in [0.15, 0.2) is 0 Å². The summed E-state index contributed by atoms with van der Waals surface area (Å²) < 4.78 is 82.5.